The summed E-state index contributed by atoms with van der Waals surface area (Å²) in [6, 6.07) is 10.1. The van der Waals surface area contributed by atoms with Crippen molar-refractivity contribution in [2.45, 2.75) is 10.1 Å². The summed E-state index contributed by atoms with van der Waals surface area (Å²) in [5.74, 6) is 0.486. The van der Waals surface area contributed by atoms with Crippen LogP contribution in [-0.2, 0) is 19.6 Å². The van der Waals surface area contributed by atoms with Crippen LogP contribution in [0.5, 0.6) is 0 Å². The Kier molecular flexibility index (Phi) is 6.49. The highest BCUT2D eigenvalue weighted by atomic mass is 32.2. The average Bonchev–Trinajstić information content (AvgIpc) is 3.45. The first-order chi connectivity index (χ1) is 14.5. The van der Waals surface area contributed by atoms with Gasteiger partial charge in [0.15, 0.2) is 5.82 Å². The number of nitrogens with zero attached hydrogens (tertiary/aromatic N) is 3. The summed E-state index contributed by atoms with van der Waals surface area (Å²) in [7, 11) is -3.62. The van der Waals surface area contributed by atoms with Gasteiger partial charge in [0.25, 0.3) is 0 Å². The summed E-state index contributed by atoms with van der Waals surface area (Å²) >= 11 is 2.74. The van der Waals surface area contributed by atoms with Crippen LogP contribution in [0.1, 0.15) is 0 Å². The summed E-state index contributed by atoms with van der Waals surface area (Å²) in [5, 5.41) is 12.1. The molecule has 0 saturated carbocycles. The van der Waals surface area contributed by atoms with E-state index < -0.39 is 10.0 Å². The minimum atomic E-state index is -3.62. The number of carbonyl (C=O) groups is 1. The van der Waals surface area contributed by atoms with Gasteiger partial charge in [-0.15, -0.1) is 16.4 Å². The fraction of sp³-hybridized carbons (Fsp3) is 0.278. The Labute approximate surface area is 181 Å². The number of nitrogens with one attached hydrogen (secondary N) is 2. The molecule has 0 bridgehead atoms. The molecule has 1 saturated heterocycles. The van der Waals surface area contributed by atoms with Crippen LogP contribution in [0.15, 0.2) is 51.8 Å². The van der Waals surface area contributed by atoms with Gasteiger partial charge in [0.2, 0.25) is 21.1 Å². The fourth-order valence-corrected chi connectivity index (χ4v) is 5.55. The minimum absolute atomic E-state index is 0.0994. The van der Waals surface area contributed by atoms with Gasteiger partial charge in [-0.1, -0.05) is 23.9 Å². The number of rotatable bonds is 7. The van der Waals surface area contributed by atoms with Gasteiger partial charge in [-0.2, -0.15) is 4.31 Å². The van der Waals surface area contributed by atoms with Gasteiger partial charge in [-0.05, 0) is 29.6 Å². The molecule has 2 N–H and O–H groups in total. The highest BCUT2D eigenvalue weighted by molar-refractivity contribution is 7.99. The Balaban J connectivity index is 1.36. The number of thiophene rings is 1. The van der Waals surface area contributed by atoms with Gasteiger partial charge in [-0.25, -0.2) is 13.4 Å². The van der Waals surface area contributed by atoms with E-state index in [0.29, 0.717) is 43.0 Å². The lowest BCUT2D eigenvalue weighted by molar-refractivity contribution is -0.113. The van der Waals surface area contributed by atoms with Crippen molar-refractivity contribution in [2.24, 2.45) is 0 Å². The van der Waals surface area contributed by atoms with Crippen molar-refractivity contribution in [3.05, 3.63) is 41.8 Å². The molecule has 4 rings (SSSR count). The molecule has 1 aromatic carbocycles. The number of amides is 1. The van der Waals surface area contributed by atoms with E-state index in [-0.39, 0.29) is 16.6 Å². The van der Waals surface area contributed by atoms with Crippen LogP contribution in [0.4, 0.5) is 5.69 Å². The standard InChI is InChI=1S/C18H19N5O4S3/c24-16(12-29-18-20-17(21-22-18)15-5-2-10-28-15)19-13-3-1-4-14(11-13)30(25,26)23-6-8-27-9-7-23/h1-5,10-11H,6-9,12H2,(H,19,24)(H,20,21,22). The lowest BCUT2D eigenvalue weighted by Crippen LogP contribution is -2.40. The fourth-order valence-electron chi connectivity index (χ4n) is 2.83. The SMILES string of the molecule is O=C(CSc1n[nH]c(-c2cccs2)n1)Nc1cccc(S(=O)(=O)N2CCOCC2)c1. The first kappa shape index (κ1) is 21.0. The number of H-pyrrole nitrogens is 1. The number of hydrogen-bond acceptors (Lipinski definition) is 8. The maximum Gasteiger partial charge on any atom is 0.243 e. The molecule has 3 heterocycles. The van der Waals surface area contributed by atoms with Crippen molar-refractivity contribution in [2.75, 3.05) is 37.4 Å². The summed E-state index contributed by atoms with van der Waals surface area (Å²) in [4.78, 5) is 17.8. The third-order valence-corrected chi connectivity index (χ3v) is 7.90. The third-order valence-electron chi connectivity index (χ3n) is 4.28. The van der Waals surface area contributed by atoms with Gasteiger partial charge in [-0.3, -0.25) is 9.89 Å². The molecule has 1 aliphatic rings. The smallest absolute Gasteiger partial charge is 0.243 e. The predicted octanol–water partition coefficient (Wildman–Crippen LogP) is 2.28. The number of benzene rings is 1. The van der Waals surface area contributed by atoms with Crippen molar-refractivity contribution < 1.29 is 17.9 Å². The maximum absolute atomic E-state index is 12.8. The van der Waals surface area contributed by atoms with Crippen LogP contribution in [0.3, 0.4) is 0 Å². The van der Waals surface area contributed by atoms with Crippen molar-refractivity contribution >= 4 is 44.7 Å². The van der Waals surface area contributed by atoms with Crippen molar-refractivity contribution in [3.8, 4) is 10.7 Å². The van der Waals surface area contributed by atoms with Gasteiger partial charge < -0.3 is 10.1 Å². The number of aromatic nitrogens is 3. The number of thioether (sulfide) groups is 1. The van der Waals surface area contributed by atoms with Gasteiger partial charge in [0.05, 0.1) is 28.7 Å². The number of aromatic amines is 1. The monoisotopic (exact) mass is 465 g/mol. The molecule has 0 unspecified atom stereocenters. The first-order valence-corrected chi connectivity index (χ1v) is 12.4. The molecule has 0 aliphatic carbocycles. The molecule has 1 amide bonds. The van der Waals surface area contributed by atoms with Gasteiger partial charge in [0, 0.05) is 18.8 Å². The Hall–Kier alpha value is -2.25. The second-order valence-electron chi connectivity index (χ2n) is 6.33. The molecule has 1 aliphatic heterocycles. The summed E-state index contributed by atoms with van der Waals surface area (Å²) in [6.07, 6.45) is 0. The van der Waals surface area contributed by atoms with Crippen LogP contribution < -0.4 is 5.32 Å². The molecular formula is C18H19N5O4S3. The third kappa shape index (κ3) is 4.90. The van der Waals surface area contributed by atoms with Crippen molar-refractivity contribution in [1.29, 1.82) is 0 Å². The first-order valence-electron chi connectivity index (χ1n) is 9.09. The lowest BCUT2D eigenvalue weighted by atomic mass is 10.3. The van der Waals surface area contributed by atoms with Crippen molar-refractivity contribution in [3.63, 3.8) is 0 Å². The van der Waals surface area contributed by atoms with Crippen LogP contribution in [-0.4, -0.2) is 65.9 Å². The Morgan fingerprint density at radius 2 is 2.10 bits per heavy atom. The molecule has 2 aromatic heterocycles. The second kappa shape index (κ2) is 9.27. The predicted molar refractivity (Wildman–Crippen MR) is 115 cm³/mol. The van der Waals surface area contributed by atoms with E-state index in [4.69, 9.17) is 4.74 Å². The van der Waals surface area contributed by atoms with Crippen molar-refractivity contribution in [1.82, 2.24) is 19.5 Å². The molecule has 30 heavy (non-hydrogen) atoms. The Morgan fingerprint density at radius 1 is 1.27 bits per heavy atom. The quantitative estimate of drug-likeness (QED) is 0.514. The number of ether oxygens (including phenoxy) is 1. The van der Waals surface area contributed by atoms with E-state index in [1.54, 1.807) is 23.5 Å². The Morgan fingerprint density at radius 3 is 2.87 bits per heavy atom. The highest BCUT2D eigenvalue weighted by Gasteiger charge is 2.26. The van der Waals surface area contributed by atoms with Crippen LogP contribution in [0, 0.1) is 0 Å². The van der Waals surface area contributed by atoms with E-state index in [1.807, 2.05) is 17.5 Å². The average molecular weight is 466 g/mol. The molecule has 0 spiro atoms. The number of anilines is 1. The largest absolute Gasteiger partial charge is 0.379 e. The zero-order valence-electron chi connectivity index (χ0n) is 15.8. The molecule has 3 aromatic rings. The molecule has 12 heteroatoms. The highest BCUT2D eigenvalue weighted by Crippen LogP contribution is 2.24. The normalized spacial score (nSPS) is 15.2. The topological polar surface area (TPSA) is 117 Å². The maximum atomic E-state index is 12.8. The zero-order chi connectivity index (χ0) is 21.0. The zero-order valence-corrected chi connectivity index (χ0v) is 18.2. The van der Waals surface area contributed by atoms with Crippen LogP contribution in [0.2, 0.25) is 0 Å². The summed E-state index contributed by atoms with van der Waals surface area (Å²) in [5.41, 5.74) is 0.421. The Bertz CT molecular complexity index is 1110. The summed E-state index contributed by atoms with van der Waals surface area (Å²) in [6.45, 7) is 1.39. The molecule has 0 atom stereocenters. The van der Waals surface area contributed by atoms with E-state index in [9.17, 15) is 13.2 Å². The van der Waals surface area contributed by atoms with Crippen LogP contribution >= 0.6 is 23.1 Å². The van der Waals surface area contributed by atoms with E-state index in [0.717, 1.165) is 4.88 Å². The van der Waals surface area contributed by atoms with E-state index in [2.05, 4.69) is 20.5 Å². The van der Waals surface area contributed by atoms with Crippen LogP contribution in [0.25, 0.3) is 10.7 Å². The minimum Gasteiger partial charge on any atom is -0.379 e. The molecule has 158 valence electrons. The van der Waals surface area contributed by atoms with Gasteiger partial charge in [0.1, 0.15) is 0 Å². The number of sulfonamides is 1. The molecule has 0 radical (unpaired) electrons. The molecule has 1 fully saturated rings. The van der Waals surface area contributed by atoms with E-state index in [1.165, 1.54) is 28.2 Å². The van der Waals surface area contributed by atoms with Gasteiger partial charge >= 0.3 is 0 Å². The number of carbonyl (C=O) groups excluding carboxylic acids is 1. The molecule has 9 nitrogen and oxygen atoms in total. The van der Waals surface area contributed by atoms with E-state index >= 15 is 0 Å². The second-order valence-corrected chi connectivity index (χ2v) is 10.2. The number of morpholine rings is 1. The lowest BCUT2D eigenvalue weighted by Gasteiger charge is -2.26. The number of hydrogen-bond donors (Lipinski definition) is 2. The summed E-state index contributed by atoms with van der Waals surface area (Å²) < 4.78 is 32.1. The molecular weight excluding hydrogens is 446 g/mol.